The van der Waals surface area contributed by atoms with Crippen LogP contribution in [0.4, 0.5) is 4.39 Å². The molecule has 1 heterocycles. The van der Waals surface area contributed by atoms with Gasteiger partial charge in [0.2, 0.25) is 11.8 Å². The molecule has 2 amide bonds. The van der Waals surface area contributed by atoms with E-state index in [-0.39, 0.29) is 23.7 Å². The van der Waals surface area contributed by atoms with Crippen LogP contribution in [0.1, 0.15) is 30.5 Å². The first kappa shape index (κ1) is 20.9. The van der Waals surface area contributed by atoms with Crippen molar-refractivity contribution < 1.29 is 18.7 Å². The van der Waals surface area contributed by atoms with Crippen molar-refractivity contribution in [3.63, 3.8) is 0 Å². The SMILES string of the molecule is COc1ccc(/C=C/C(=O)NC(C)C(=O)NC2CCSc3ccc(F)cc32)cc1. The Morgan fingerprint density at radius 3 is 2.72 bits per heavy atom. The zero-order valence-electron chi connectivity index (χ0n) is 16.3. The number of nitrogens with one attached hydrogen (secondary N) is 2. The number of benzene rings is 2. The number of thioether (sulfide) groups is 1. The van der Waals surface area contributed by atoms with Crippen molar-refractivity contribution in [2.45, 2.75) is 30.3 Å². The summed E-state index contributed by atoms with van der Waals surface area (Å²) in [6, 6.07) is 10.9. The lowest BCUT2D eigenvalue weighted by Crippen LogP contribution is -2.45. The van der Waals surface area contributed by atoms with Gasteiger partial charge in [-0.25, -0.2) is 4.39 Å². The van der Waals surface area contributed by atoms with Crippen molar-refractivity contribution in [3.8, 4) is 5.75 Å². The first-order chi connectivity index (χ1) is 14.0. The molecule has 152 valence electrons. The number of carbonyl (C=O) groups excluding carboxylic acids is 2. The predicted octanol–water partition coefficient (Wildman–Crippen LogP) is 3.71. The molecule has 5 nitrogen and oxygen atoms in total. The molecule has 3 rings (SSSR count). The number of fused-ring (bicyclic) bond motifs is 1. The van der Waals surface area contributed by atoms with Gasteiger partial charge in [-0.2, -0.15) is 0 Å². The topological polar surface area (TPSA) is 67.4 Å². The number of ether oxygens (including phenoxy) is 1. The molecule has 7 heteroatoms. The maximum absolute atomic E-state index is 13.6. The maximum Gasteiger partial charge on any atom is 0.244 e. The van der Waals surface area contributed by atoms with Crippen LogP contribution in [0.3, 0.4) is 0 Å². The standard InChI is InChI=1S/C22H23FN2O3S/c1-14(24-21(26)10-5-15-3-7-17(28-2)8-4-15)22(27)25-19-11-12-29-20-9-6-16(23)13-18(19)20/h3-10,13-14,19H,11-12H2,1-2H3,(H,24,26)(H,25,27)/b10-5+. The van der Waals surface area contributed by atoms with Gasteiger partial charge in [0, 0.05) is 16.7 Å². The minimum Gasteiger partial charge on any atom is -0.497 e. The lowest BCUT2D eigenvalue weighted by molar-refractivity contribution is -0.127. The Hall–Kier alpha value is -2.80. The summed E-state index contributed by atoms with van der Waals surface area (Å²) in [5.41, 5.74) is 1.63. The van der Waals surface area contributed by atoms with E-state index >= 15 is 0 Å². The monoisotopic (exact) mass is 414 g/mol. The Bertz CT molecular complexity index is 915. The number of amides is 2. The van der Waals surface area contributed by atoms with Crippen LogP contribution in [0.2, 0.25) is 0 Å². The molecule has 2 unspecified atom stereocenters. The smallest absolute Gasteiger partial charge is 0.244 e. The molecule has 0 aliphatic carbocycles. The largest absolute Gasteiger partial charge is 0.497 e. The predicted molar refractivity (Wildman–Crippen MR) is 112 cm³/mol. The van der Waals surface area contributed by atoms with E-state index in [2.05, 4.69) is 10.6 Å². The average Bonchev–Trinajstić information content (AvgIpc) is 2.73. The second kappa shape index (κ2) is 9.60. The molecule has 2 aromatic carbocycles. The van der Waals surface area contributed by atoms with Gasteiger partial charge in [0.25, 0.3) is 0 Å². The van der Waals surface area contributed by atoms with Crippen LogP contribution < -0.4 is 15.4 Å². The van der Waals surface area contributed by atoms with Crippen LogP contribution in [0.15, 0.2) is 53.4 Å². The third-order valence-corrected chi connectivity index (χ3v) is 5.75. The normalized spacial score (nSPS) is 16.7. The first-order valence-corrected chi connectivity index (χ1v) is 10.3. The first-order valence-electron chi connectivity index (χ1n) is 9.31. The Kier molecular flexibility index (Phi) is 6.93. The average molecular weight is 415 g/mol. The second-order valence-electron chi connectivity index (χ2n) is 6.72. The summed E-state index contributed by atoms with van der Waals surface area (Å²) < 4.78 is 18.7. The van der Waals surface area contributed by atoms with Crippen molar-refractivity contribution in [1.82, 2.24) is 10.6 Å². The Morgan fingerprint density at radius 1 is 1.24 bits per heavy atom. The van der Waals surface area contributed by atoms with E-state index in [0.29, 0.717) is 6.42 Å². The molecule has 1 aliphatic rings. The summed E-state index contributed by atoms with van der Waals surface area (Å²) in [6.45, 7) is 1.62. The van der Waals surface area contributed by atoms with Gasteiger partial charge in [0.05, 0.1) is 13.2 Å². The molecule has 0 aromatic heterocycles. The summed E-state index contributed by atoms with van der Waals surface area (Å²) in [6.07, 6.45) is 3.76. The van der Waals surface area contributed by atoms with Crippen molar-refractivity contribution in [3.05, 3.63) is 65.5 Å². The summed E-state index contributed by atoms with van der Waals surface area (Å²) in [5, 5.41) is 5.58. The molecular formula is C22H23FN2O3S. The zero-order chi connectivity index (χ0) is 20.8. The van der Waals surface area contributed by atoms with Crippen molar-refractivity contribution in [2.75, 3.05) is 12.9 Å². The van der Waals surface area contributed by atoms with Crippen molar-refractivity contribution in [1.29, 1.82) is 0 Å². The number of methoxy groups -OCH3 is 1. The fourth-order valence-corrected chi connectivity index (χ4v) is 4.13. The highest BCUT2D eigenvalue weighted by Gasteiger charge is 2.25. The lowest BCUT2D eigenvalue weighted by Gasteiger charge is -2.27. The molecule has 0 spiro atoms. The quantitative estimate of drug-likeness (QED) is 0.708. The van der Waals surface area contributed by atoms with Crippen LogP contribution in [-0.4, -0.2) is 30.7 Å². The zero-order valence-corrected chi connectivity index (χ0v) is 17.1. The number of rotatable bonds is 6. The van der Waals surface area contributed by atoms with Gasteiger partial charge in [-0.05, 0) is 60.9 Å². The van der Waals surface area contributed by atoms with Crippen LogP contribution in [0.25, 0.3) is 6.08 Å². The highest BCUT2D eigenvalue weighted by Crippen LogP contribution is 2.36. The van der Waals surface area contributed by atoms with Gasteiger partial charge >= 0.3 is 0 Å². The Balaban J connectivity index is 1.56. The molecule has 29 heavy (non-hydrogen) atoms. The van der Waals surface area contributed by atoms with Crippen molar-refractivity contribution >= 4 is 29.7 Å². The Morgan fingerprint density at radius 2 is 2.00 bits per heavy atom. The van der Waals surface area contributed by atoms with E-state index in [1.807, 2.05) is 12.1 Å². The van der Waals surface area contributed by atoms with Gasteiger partial charge in [-0.1, -0.05) is 12.1 Å². The maximum atomic E-state index is 13.6. The molecule has 0 fully saturated rings. The molecule has 0 bridgehead atoms. The van der Waals surface area contributed by atoms with E-state index in [0.717, 1.165) is 27.5 Å². The molecular weight excluding hydrogens is 391 g/mol. The molecule has 1 aliphatic heterocycles. The summed E-state index contributed by atoms with van der Waals surface area (Å²) >= 11 is 1.65. The fraction of sp³-hybridized carbons (Fsp3) is 0.273. The minimum atomic E-state index is -0.713. The third kappa shape index (κ3) is 5.60. The molecule has 0 radical (unpaired) electrons. The second-order valence-corrected chi connectivity index (χ2v) is 7.85. The summed E-state index contributed by atoms with van der Waals surface area (Å²) in [7, 11) is 1.59. The molecule has 0 saturated heterocycles. The molecule has 0 saturated carbocycles. The molecule has 2 atom stereocenters. The lowest BCUT2D eigenvalue weighted by atomic mass is 10.0. The van der Waals surface area contributed by atoms with Crippen LogP contribution in [0.5, 0.6) is 5.75 Å². The number of hydrogen-bond acceptors (Lipinski definition) is 4. The highest BCUT2D eigenvalue weighted by atomic mass is 32.2. The van der Waals surface area contributed by atoms with E-state index in [4.69, 9.17) is 4.74 Å². The van der Waals surface area contributed by atoms with E-state index in [1.165, 1.54) is 18.2 Å². The number of carbonyl (C=O) groups is 2. The van der Waals surface area contributed by atoms with Gasteiger partial charge in [0.1, 0.15) is 17.6 Å². The number of halogens is 1. The van der Waals surface area contributed by atoms with Gasteiger partial charge in [-0.3, -0.25) is 9.59 Å². The third-order valence-electron chi connectivity index (χ3n) is 4.62. The molecule has 2 aromatic rings. The Labute approximate surface area is 173 Å². The van der Waals surface area contributed by atoms with Crippen LogP contribution >= 0.6 is 11.8 Å². The van der Waals surface area contributed by atoms with E-state index < -0.39 is 6.04 Å². The number of hydrogen-bond donors (Lipinski definition) is 2. The van der Waals surface area contributed by atoms with E-state index in [1.54, 1.807) is 50.1 Å². The van der Waals surface area contributed by atoms with Crippen LogP contribution in [-0.2, 0) is 9.59 Å². The van der Waals surface area contributed by atoms with Gasteiger partial charge < -0.3 is 15.4 Å². The fourth-order valence-electron chi connectivity index (χ4n) is 3.03. The van der Waals surface area contributed by atoms with Gasteiger partial charge in [0.15, 0.2) is 0 Å². The highest BCUT2D eigenvalue weighted by molar-refractivity contribution is 7.99. The van der Waals surface area contributed by atoms with E-state index in [9.17, 15) is 14.0 Å². The van der Waals surface area contributed by atoms with Crippen LogP contribution in [0, 0.1) is 5.82 Å². The summed E-state index contributed by atoms with van der Waals surface area (Å²) in [4.78, 5) is 25.6. The summed E-state index contributed by atoms with van der Waals surface area (Å²) in [5.74, 6) is 0.585. The molecule has 2 N–H and O–H groups in total. The minimum absolute atomic E-state index is 0.261. The van der Waals surface area contributed by atoms with Gasteiger partial charge in [-0.15, -0.1) is 11.8 Å². The van der Waals surface area contributed by atoms with Crippen molar-refractivity contribution in [2.24, 2.45) is 0 Å².